The van der Waals surface area contributed by atoms with E-state index in [4.69, 9.17) is 8.53 Å². The molecule has 0 fully saturated rings. The van der Waals surface area contributed by atoms with Gasteiger partial charge in [-0.05, 0) is 54.1 Å². The molecule has 26 heavy (non-hydrogen) atoms. The Kier molecular flexibility index (Phi) is 3.09. The lowest BCUT2D eigenvalue weighted by atomic mass is 9.75. The van der Waals surface area contributed by atoms with E-state index < -0.39 is 6.85 Å². The Labute approximate surface area is 158 Å². The number of fused-ring (bicyclic) bond motifs is 3. The van der Waals surface area contributed by atoms with Gasteiger partial charge in [-0.3, -0.25) is 4.98 Å². The first-order valence-corrected chi connectivity index (χ1v) is 8.88. The molecule has 0 unspecified atom stereocenters. The third kappa shape index (κ3) is 2.59. The van der Waals surface area contributed by atoms with E-state index in [1.807, 2.05) is 24.4 Å². The molecule has 132 valence electrons. The van der Waals surface area contributed by atoms with Crippen LogP contribution in [0.25, 0.3) is 33.3 Å². The van der Waals surface area contributed by atoms with Crippen molar-refractivity contribution in [3.63, 3.8) is 0 Å². The monoisotopic (exact) mass is 347 g/mol. The minimum atomic E-state index is -2.27. The second-order valence-corrected chi connectivity index (χ2v) is 7.64. The van der Waals surface area contributed by atoms with Crippen LogP contribution < -0.4 is 0 Å². The van der Waals surface area contributed by atoms with Crippen LogP contribution in [0.3, 0.4) is 0 Å². The molecule has 0 N–H and O–H groups in total. The van der Waals surface area contributed by atoms with Crippen LogP contribution in [-0.4, -0.2) is 9.97 Å². The largest absolute Gasteiger partial charge is 0.437 e. The Balaban J connectivity index is 1.91. The number of nitrogens with zero attached hydrogens (tertiary/aromatic N) is 2. The number of furan rings is 1. The van der Waals surface area contributed by atoms with E-state index in [0.717, 1.165) is 22.0 Å². The Morgan fingerprint density at radius 1 is 1.08 bits per heavy atom. The van der Waals surface area contributed by atoms with Gasteiger partial charge >= 0.3 is 0 Å². The van der Waals surface area contributed by atoms with Crippen LogP contribution in [-0.2, 0) is 5.41 Å². The molecule has 3 heteroatoms. The molecular weight excluding hydrogens is 320 g/mol. The average molecular weight is 347 g/mol. The van der Waals surface area contributed by atoms with Crippen LogP contribution in [0.4, 0.5) is 0 Å². The summed E-state index contributed by atoms with van der Waals surface area (Å²) in [6, 6.07) is 13.4. The summed E-state index contributed by atoms with van der Waals surface area (Å²) in [6.07, 6.45) is 1.83. The molecule has 4 rings (SSSR count). The number of para-hydroxylation sites is 1. The summed E-state index contributed by atoms with van der Waals surface area (Å²) >= 11 is 0. The minimum absolute atomic E-state index is 0.00955. The number of pyridine rings is 2. The summed E-state index contributed by atoms with van der Waals surface area (Å²) in [5, 5.41) is 1.70. The number of rotatable bonds is 3. The highest BCUT2D eigenvalue weighted by atomic mass is 16.3. The zero-order valence-corrected chi connectivity index (χ0v) is 15.5. The summed E-state index contributed by atoms with van der Waals surface area (Å²) in [5.74, 6) is 0.474. The normalized spacial score (nSPS) is 14.6. The van der Waals surface area contributed by atoms with Crippen LogP contribution in [0.1, 0.15) is 43.1 Å². The predicted octanol–water partition coefficient (Wildman–Crippen LogP) is 6.29. The molecule has 0 atom stereocenters. The zero-order valence-electron chi connectivity index (χ0n) is 18.5. The van der Waals surface area contributed by atoms with Gasteiger partial charge in [-0.2, -0.15) is 0 Å². The smallest absolute Gasteiger partial charge is 0.227 e. The first-order chi connectivity index (χ1) is 13.6. The average Bonchev–Trinajstić information content (AvgIpc) is 3.05. The molecule has 0 aliphatic rings. The number of hydrogen-bond donors (Lipinski definition) is 0. The van der Waals surface area contributed by atoms with Gasteiger partial charge in [0.05, 0.1) is 5.69 Å². The number of aryl methyl sites for hydroxylation is 1. The molecule has 3 aromatic heterocycles. The number of aromatic nitrogens is 2. The Morgan fingerprint density at radius 3 is 2.69 bits per heavy atom. The van der Waals surface area contributed by atoms with Crippen molar-refractivity contribution in [2.45, 2.75) is 40.0 Å². The van der Waals surface area contributed by atoms with Gasteiger partial charge in [-0.1, -0.05) is 39.8 Å². The number of benzene rings is 1. The maximum Gasteiger partial charge on any atom is 0.227 e. The fourth-order valence-corrected chi connectivity index (χ4v) is 3.19. The van der Waals surface area contributed by atoms with Crippen molar-refractivity contribution in [1.29, 1.82) is 0 Å². The van der Waals surface area contributed by atoms with Crippen LogP contribution in [0.2, 0.25) is 0 Å². The van der Waals surface area contributed by atoms with Crippen molar-refractivity contribution in [2.24, 2.45) is 5.92 Å². The summed E-state index contributed by atoms with van der Waals surface area (Å²) in [4.78, 5) is 8.84. The molecular formula is C23H24N2O. The van der Waals surface area contributed by atoms with E-state index in [-0.39, 0.29) is 11.1 Å². The maximum atomic E-state index is 7.60. The summed E-state index contributed by atoms with van der Waals surface area (Å²) in [5.41, 5.74) is 3.96. The fourth-order valence-electron chi connectivity index (χ4n) is 3.19. The number of hydrogen-bond acceptors (Lipinski definition) is 3. The van der Waals surface area contributed by atoms with Gasteiger partial charge in [0, 0.05) is 32.3 Å². The summed E-state index contributed by atoms with van der Waals surface area (Å²) in [7, 11) is 0. The second kappa shape index (κ2) is 5.94. The molecule has 0 saturated heterocycles. The highest BCUT2D eigenvalue weighted by Crippen LogP contribution is 2.37. The fraction of sp³-hybridized carbons (Fsp3) is 0.304. The molecule has 0 spiro atoms. The first kappa shape index (κ1) is 13.5. The van der Waals surface area contributed by atoms with Gasteiger partial charge in [0.1, 0.15) is 5.58 Å². The van der Waals surface area contributed by atoms with Crippen LogP contribution in [0.15, 0.2) is 53.1 Å². The molecule has 1 aromatic carbocycles. The molecule has 3 heterocycles. The van der Waals surface area contributed by atoms with E-state index in [0.29, 0.717) is 17.2 Å². The highest BCUT2D eigenvalue weighted by Gasteiger charge is 2.25. The van der Waals surface area contributed by atoms with Crippen LogP contribution >= 0.6 is 0 Å². The highest BCUT2D eigenvalue weighted by molar-refractivity contribution is 6.08. The SMILES string of the molecule is [2H]C([2H])([2H])c1ccc2c(n1)oc1c(-c3cc(C(C)(C)C(C)C)ccn3)cccc12. The predicted molar refractivity (Wildman–Crippen MR) is 107 cm³/mol. The van der Waals surface area contributed by atoms with Crippen LogP contribution in [0, 0.1) is 12.8 Å². The Morgan fingerprint density at radius 2 is 1.92 bits per heavy atom. The van der Waals surface area contributed by atoms with Gasteiger partial charge in [-0.25, -0.2) is 4.98 Å². The molecule has 0 aliphatic carbocycles. The molecule has 0 amide bonds. The van der Waals surface area contributed by atoms with Crippen molar-refractivity contribution in [1.82, 2.24) is 9.97 Å². The summed E-state index contributed by atoms with van der Waals surface area (Å²) < 4.78 is 28.8. The van der Waals surface area contributed by atoms with E-state index in [1.54, 1.807) is 12.1 Å². The second-order valence-electron chi connectivity index (χ2n) is 7.64. The van der Waals surface area contributed by atoms with Gasteiger partial charge in [-0.15, -0.1) is 0 Å². The molecule has 0 saturated carbocycles. The standard InChI is InChI=1S/C23H24N2O/c1-14(2)23(4,5)16-11-12-24-20(13-16)19-8-6-7-17-18-10-9-15(3)25-22(18)26-21(17)19/h6-14H,1-5H3/i3D3. The van der Waals surface area contributed by atoms with Gasteiger partial charge in [0.15, 0.2) is 0 Å². The molecule has 4 aromatic rings. The van der Waals surface area contributed by atoms with E-state index >= 15 is 0 Å². The topological polar surface area (TPSA) is 38.9 Å². The van der Waals surface area contributed by atoms with E-state index in [2.05, 4.69) is 49.8 Å². The van der Waals surface area contributed by atoms with Crippen molar-refractivity contribution in [3.8, 4) is 11.3 Å². The van der Waals surface area contributed by atoms with Crippen molar-refractivity contribution in [2.75, 3.05) is 0 Å². The third-order valence-electron chi connectivity index (χ3n) is 5.59. The van der Waals surface area contributed by atoms with E-state index in [9.17, 15) is 0 Å². The van der Waals surface area contributed by atoms with Crippen molar-refractivity contribution < 1.29 is 8.53 Å². The van der Waals surface area contributed by atoms with Crippen molar-refractivity contribution in [3.05, 3.63) is 59.9 Å². The van der Waals surface area contributed by atoms with Gasteiger partial charge in [0.2, 0.25) is 5.71 Å². The molecule has 0 aliphatic heterocycles. The lowest BCUT2D eigenvalue weighted by Gasteiger charge is -2.30. The van der Waals surface area contributed by atoms with Crippen LogP contribution in [0.5, 0.6) is 0 Å². The quantitative estimate of drug-likeness (QED) is 0.437. The Bertz CT molecular complexity index is 1210. The summed E-state index contributed by atoms with van der Waals surface area (Å²) in [6.45, 7) is 6.63. The molecule has 0 radical (unpaired) electrons. The van der Waals surface area contributed by atoms with E-state index in [1.165, 1.54) is 5.56 Å². The Hall–Kier alpha value is -2.68. The first-order valence-electron chi connectivity index (χ1n) is 10.4. The lowest BCUT2D eigenvalue weighted by Crippen LogP contribution is -2.24. The molecule has 3 nitrogen and oxygen atoms in total. The maximum absolute atomic E-state index is 7.60. The molecule has 0 bridgehead atoms. The van der Waals surface area contributed by atoms with Gasteiger partial charge < -0.3 is 4.42 Å². The third-order valence-corrected chi connectivity index (χ3v) is 5.59. The van der Waals surface area contributed by atoms with Crippen molar-refractivity contribution >= 4 is 22.1 Å². The lowest BCUT2D eigenvalue weighted by molar-refractivity contribution is 0.372. The van der Waals surface area contributed by atoms with Gasteiger partial charge in [0.25, 0.3) is 0 Å². The zero-order chi connectivity index (χ0) is 21.0. The minimum Gasteiger partial charge on any atom is -0.437 e.